The molecule has 1 saturated heterocycles. The molecule has 1 heterocycles. The van der Waals surface area contributed by atoms with Crippen LogP contribution in [0.5, 0.6) is 0 Å². The smallest absolute Gasteiger partial charge is 0.214 e. The van der Waals surface area contributed by atoms with Gasteiger partial charge in [0.1, 0.15) is 0 Å². The van der Waals surface area contributed by atoms with E-state index in [0.717, 1.165) is 44.7 Å². The summed E-state index contributed by atoms with van der Waals surface area (Å²) in [5.41, 5.74) is 0. The SMILES string of the molecule is CCC1CCC(NS(=O)(=O)C2CCNCC2)CC1. The van der Waals surface area contributed by atoms with E-state index in [2.05, 4.69) is 17.0 Å². The highest BCUT2D eigenvalue weighted by atomic mass is 32.2. The Morgan fingerprint density at radius 1 is 1.06 bits per heavy atom. The van der Waals surface area contributed by atoms with Gasteiger partial charge >= 0.3 is 0 Å². The van der Waals surface area contributed by atoms with Gasteiger partial charge in [0.25, 0.3) is 0 Å². The van der Waals surface area contributed by atoms with Crippen LogP contribution in [0.15, 0.2) is 0 Å². The fourth-order valence-corrected chi connectivity index (χ4v) is 4.87. The van der Waals surface area contributed by atoms with Crippen LogP contribution in [0.4, 0.5) is 0 Å². The molecule has 2 aliphatic rings. The lowest BCUT2D eigenvalue weighted by Crippen LogP contribution is -2.46. The normalized spacial score (nSPS) is 31.4. The Morgan fingerprint density at radius 3 is 2.22 bits per heavy atom. The van der Waals surface area contributed by atoms with Gasteiger partial charge in [-0.3, -0.25) is 0 Å². The molecule has 0 unspecified atom stereocenters. The molecule has 0 atom stereocenters. The van der Waals surface area contributed by atoms with Gasteiger partial charge in [-0.25, -0.2) is 13.1 Å². The van der Waals surface area contributed by atoms with Gasteiger partial charge in [0, 0.05) is 6.04 Å². The molecule has 0 radical (unpaired) electrons. The number of rotatable bonds is 4. The van der Waals surface area contributed by atoms with Crippen molar-refractivity contribution < 1.29 is 8.42 Å². The highest BCUT2D eigenvalue weighted by Crippen LogP contribution is 2.27. The zero-order valence-electron chi connectivity index (χ0n) is 11.3. The van der Waals surface area contributed by atoms with Gasteiger partial charge in [-0.1, -0.05) is 13.3 Å². The zero-order valence-corrected chi connectivity index (χ0v) is 12.1. The predicted molar refractivity (Wildman–Crippen MR) is 74.0 cm³/mol. The summed E-state index contributed by atoms with van der Waals surface area (Å²) in [6, 6.07) is 0.188. The van der Waals surface area contributed by atoms with Crippen LogP contribution in [0, 0.1) is 5.92 Å². The lowest BCUT2D eigenvalue weighted by molar-refractivity contribution is 0.305. The molecule has 0 spiro atoms. The van der Waals surface area contributed by atoms with Gasteiger partial charge in [0.2, 0.25) is 10.0 Å². The van der Waals surface area contributed by atoms with Crippen molar-refractivity contribution in [3.63, 3.8) is 0 Å². The summed E-state index contributed by atoms with van der Waals surface area (Å²) < 4.78 is 27.5. The van der Waals surface area contributed by atoms with Crippen LogP contribution >= 0.6 is 0 Å². The van der Waals surface area contributed by atoms with Crippen LogP contribution in [0.3, 0.4) is 0 Å². The summed E-state index contributed by atoms with van der Waals surface area (Å²) in [6.07, 6.45) is 7.12. The van der Waals surface area contributed by atoms with E-state index in [1.807, 2.05) is 0 Å². The molecule has 1 aliphatic carbocycles. The van der Waals surface area contributed by atoms with E-state index < -0.39 is 10.0 Å². The molecule has 0 aromatic carbocycles. The van der Waals surface area contributed by atoms with Gasteiger partial charge < -0.3 is 5.32 Å². The predicted octanol–water partition coefficient (Wildman–Crippen LogP) is 1.63. The van der Waals surface area contributed by atoms with Crippen molar-refractivity contribution in [3.8, 4) is 0 Å². The minimum Gasteiger partial charge on any atom is -0.317 e. The molecule has 0 amide bonds. The van der Waals surface area contributed by atoms with Crippen molar-refractivity contribution in [2.45, 2.75) is 63.2 Å². The maximum Gasteiger partial charge on any atom is 0.214 e. The van der Waals surface area contributed by atoms with Gasteiger partial charge in [-0.05, 0) is 57.5 Å². The number of hydrogen-bond acceptors (Lipinski definition) is 3. The molecule has 1 saturated carbocycles. The van der Waals surface area contributed by atoms with E-state index in [0.29, 0.717) is 0 Å². The third-order valence-corrected chi connectivity index (χ3v) is 6.49. The number of nitrogens with one attached hydrogen (secondary N) is 2. The highest BCUT2D eigenvalue weighted by molar-refractivity contribution is 7.90. The van der Waals surface area contributed by atoms with Crippen LogP contribution in [0.2, 0.25) is 0 Å². The molecular weight excluding hydrogens is 248 g/mol. The van der Waals surface area contributed by atoms with Crippen molar-refractivity contribution in [2.75, 3.05) is 13.1 Å². The quantitative estimate of drug-likeness (QED) is 0.819. The van der Waals surface area contributed by atoms with E-state index in [9.17, 15) is 8.42 Å². The maximum absolute atomic E-state index is 12.3. The van der Waals surface area contributed by atoms with E-state index in [1.54, 1.807) is 0 Å². The summed E-state index contributed by atoms with van der Waals surface area (Å²) in [6.45, 7) is 3.88. The second-order valence-electron chi connectivity index (χ2n) is 5.74. The number of sulfonamides is 1. The minimum atomic E-state index is -3.10. The van der Waals surface area contributed by atoms with Crippen LogP contribution in [-0.2, 0) is 10.0 Å². The average molecular weight is 274 g/mol. The monoisotopic (exact) mass is 274 g/mol. The summed E-state index contributed by atoms with van der Waals surface area (Å²) in [4.78, 5) is 0. The van der Waals surface area contributed by atoms with Crippen molar-refractivity contribution in [2.24, 2.45) is 5.92 Å². The summed E-state index contributed by atoms with van der Waals surface area (Å²) >= 11 is 0. The molecule has 2 rings (SSSR count). The Morgan fingerprint density at radius 2 is 1.67 bits per heavy atom. The summed E-state index contributed by atoms with van der Waals surface area (Å²) in [7, 11) is -3.10. The number of hydrogen-bond donors (Lipinski definition) is 2. The molecule has 4 nitrogen and oxygen atoms in total. The fourth-order valence-electron chi connectivity index (χ4n) is 3.12. The van der Waals surface area contributed by atoms with Gasteiger partial charge in [0.05, 0.1) is 5.25 Å². The Hall–Kier alpha value is -0.130. The van der Waals surface area contributed by atoms with Crippen molar-refractivity contribution in [3.05, 3.63) is 0 Å². The van der Waals surface area contributed by atoms with Gasteiger partial charge in [-0.2, -0.15) is 0 Å². The van der Waals surface area contributed by atoms with E-state index in [1.165, 1.54) is 19.3 Å². The molecule has 2 N–H and O–H groups in total. The van der Waals surface area contributed by atoms with Crippen molar-refractivity contribution in [1.29, 1.82) is 0 Å². The first-order valence-corrected chi connectivity index (χ1v) is 8.88. The maximum atomic E-state index is 12.3. The first kappa shape index (κ1) is 14.3. The standard InChI is InChI=1S/C13H26N2O2S/c1-2-11-3-5-12(6-4-11)15-18(16,17)13-7-9-14-10-8-13/h11-15H,2-10H2,1H3. The molecule has 0 aromatic heterocycles. The van der Waals surface area contributed by atoms with Crippen molar-refractivity contribution in [1.82, 2.24) is 10.0 Å². The second kappa shape index (κ2) is 6.35. The van der Waals surface area contributed by atoms with Gasteiger partial charge in [-0.15, -0.1) is 0 Å². The topological polar surface area (TPSA) is 58.2 Å². The summed E-state index contributed by atoms with van der Waals surface area (Å²) in [5.74, 6) is 0.810. The Kier molecular flexibility index (Phi) is 5.04. The molecular formula is C13H26N2O2S. The lowest BCUT2D eigenvalue weighted by atomic mass is 9.85. The molecule has 18 heavy (non-hydrogen) atoms. The first-order valence-electron chi connectivity index (χ1n) is 7.33. The molecule has 0 bridgehead atoms. The lowest BCUT2D eigenvalue weighted by Gasteiger charge is -2.30. The minimum absolute atomic E-state index is 0.178. The fraction of sp³-hybridized carbons (Fsp3) is 1.00. The molecule has 106 valence electrons. The third-order valence-electron chi connectivity index (χ3n) is 4.48. The van der Waals surface area contributed by atoms with E-state index in [-0.39, 0.29) is 11.3 Å². The van der Waals surface area contributed by atoms with Crippen molar-refractivity contribution >= 4 is 10.0 Å². The largest absolute Gasteiger partial charge is 0.317 e. The van der Waals surface area contributed by atoms with E-state index >= 15 is 0 Å². The van der Waals surface area contributed by atoms with Crippen LogP contribution in [-0.4, -0.2) is 32.8 Å². The van der Waals surface area contributed by atoms with Gasteiger partial charge in [0.15, 0.2) is 0 Å². The third kappa shape index (κ3) is 3.68. The summed E-state index contributed by atoms with van der Waals surface area (Å²) in [5, 5.41) is 3.03. The van der Waals surface area contributed by atoms with Crippen LogP contribution < -0.4 is 10.0 Å². The molecule has 5 heteroatoms. The Labute approximate surface area is 111 Å². The number of piperidine rings is 1. The molecule has 0 aromatic rings. The zero-order chi connectivity index (χ0) is 13.0. The van der Waals surface area contributed by atoms with E-state index in [4.69, 9.17) is 0 Å². The second-order valence-corrected chi connectivity index (χ2v) is 7.73. The van der Waals surface area contributed by atoms with Crippen LogP contribution in [0.1, 0.15) is 51.9 Å². The molecule has 1 aliphatic heterocycles. The highest BCUT2D eigenvalue weighted by Gasteiger charge is 2.30. The van der Waals surface area contributed by atoms with Crippen LogP contribution in [0.25, 0.3) is 0 Å². The Bertz CT molecular complexity index is 342. The average Bonchev–Trinajstić information content (AvgIpc) is 2.40. The molecule has 2 fully saturated rings. The first-order chi connectivity index (χ1) is 8.62. The Balaban J connectivity index is 1.84.